The number of carbonyl (C=O) groups excluding carboxylic acids is 1. The van der Waals surface area contributed by atoms with E-state index in [0.717, 1.165) is 17.7 Å². The second-order valence-corrected chi connectivity index (χ2v) is 9.07. The van der Waals surface area contributed by atoms with E-state index < -0.39 is 10.0 Å². The Bertz CT molecular complexity index is 726. The van der Waals surface area contributed by atoms with E-state index in [0.29, 0.717) is 37.4 Å². The number of nitrogens with zero attached hydrogens (tertiary/aromatic N) is 1. The quantitative estimate of drug-likeness (QED) is 0.755. The van der Waals surface area contributed by atoms with E-state index in [1.807, 2.05) is 33.8 Å². The predicted octanol–water partition coefficient (Wildman–Crippen LogP) is 1.82. The number of amides is 1. The Morgan fingerprint density at radius 2 is 1.88 bits per heavy atom. The van der Waals surface area contributed by atoms with Gasteiger partial charge in [0.2, 0.25) is 15.9 Å². The van der Waals surface area contributed by atoms with Crippen molar-refractivity contribution in [3.05, 3.63) is 29.3 Å². The minimum absolute atomic E-state index is 0.0259. The topological polar surface area (TPSA) is 78.5 Å². The Morgan fingerprint density at radius 3 is 2.46 bits per heavy atom. The van der Waals surface area contributed by atoms with E-state index in [2.05, 4.69) is 10.6 Å². The fourth-order valence-corrected chi connectivity index (χ4v) is 4.76. The summed E-state index contributed by atoms with van der Waals surface area (Å²) in [5.74, 6) is -0.0898. The first-order valence-electron chi connectivity index (χ1n) is 9.34. The average molecular weight is 382 g/mol. The molecule has 1 atom stereocenters. The molecule has 0 spiro atoms. The maximum Gasteiger partial charge on any atom is 0.243 e. The fourth-order valence-electron chi connectivity index (χ4n) is 3.20. The van der Waals surface area contributed by atoms with Gasteiger partial charge in [-0.15, -0.1) is 0 Å². The second-order valence-electron chi connectivity index (χ2n) is 7.13. The Hall–Kier alpha value is -1.44. The van der Waals surface area contributed by atoms with Gasteiger partial charge in [-0.3, -0.25) is 4.79 Å². The first-order valence-corrected chi connectivity index (χ1v) is 10.8. The highest BCUT2D eigenvalue weighted by molar-refractivity contribution is 7.89. The third-order valence-corrected chi connectivity index (χ3v) is 6.97. The Kier molecular flexibility index (Phi) is 7.20. The van der Waals surface area contributed by atoms with Crippen molar-refractivity contribution in [1.82, 2.24) is 14.9 Å². The number of hydrogen-bond donors (Lipinski definition) is 2. The highest BCUT2D eigenvalue weighted by atomic mass is 32.2. The number of nitrogens with one attached hydrogen (secondary N) is 2. The van der Waals surface area contributed by atoms with Gasteiger partial charge in [0, 0.05) is 31.6 Å². The molecule has 6 nitrogen and oxygen atoms in total. The molecule has 0 radical (unpaired) electrons. The van der Waals surface area contributed by atoms with E-state index in [9.17, 15) is 13.2 Å². The van der Waals surface area contributed by atoms with Crippen LogP contribution in [0.3, 0.4) is 0 Å². The summed E-state index contributed by atoms with van der Waals surface area (Å²) in [6.07, 6.45) is 1.12. The lowest BCUT2D eigenvalue weighted by atomic mass is 9.97. The lowest BCUT2D eigenvalue weighted by Gasteiger charge is -2.31. The largest absolute Gasteiger partial charge is 0.354 e. The number of hydrogen-bond acceptors (Lipinski definition) is 4. The van der Waals surface area contributed by atoms with Crippen LogP contribution in [0.2, 0.25) is 0 Å². The maximum atomic E-state index is 12.8. The maximum absolute atomic E-state index is 12.8. The van der Waals surface area contributed by atoms with Crippen LogP contribution in [-0.4, -0.2) is 50.9 Å². The Balaban J connectivity index is 1.92. The molecule has 0 bridgehead atoms. The summed E-state index contributed by atoms with van der Waals surface area (Å²) in [5, 5.41) is 6.22. The van der Waals surface area contributed by atoms with Gasteiger partial charge < -0.3 is 10.6 Å². The molecule has 146 valence electrons. The van der Waals surface area contributed by atoms with Gasteiger partial charge >= 0.3 is 0 Å². The summed E-state index contributed by atoms with van der Waals surface area (Å²) in [6, 6.07) is 5.46. The number of aryl methyl sites for hydroxylation is 2. The first-order chi connectivity index (χ1) is 12.3. The fraction of sp³-hybridized carbons (Fsp3) is 0.632. The van der Waals surface area contributed by atoms with Crippen molar-refractivity contribution in [3.8, 4) is 0 Å². The Morgan fingerprint density at radius 1 is 1.23 bits per heavy atom. The highest BCUT2D eigenvalue weighted by Gasteiger charge is 2.32. The first kappa shape index (κ1) is 20.9. The summed E-state index contributed by atoms with van der Waals surface area (Å²) in [4.78, 5) is 12.6. The number of carbonyl (C=O) groups is 1. The van der Waals surface area contributed by atoms with Gasteiger partial charge in [-0.05, 0) is 63.4 Å². The minimum Gasteiger partial charge on any atom is -0.354 e. The van der Waals surface area contributed by atoms with Crippen molar-refractivity contribution in [2.24, 2.45) is 5.92 Å². The smallest absolute Gasteiger partial charge is 0.243 e. The summed E-state index contributed by atoms with van der Waals surface area (Å²) in [5.41, 5.74) is 2.04. The van der Waals surface area contributed by atoms with E-state index in [1.54, 1.807) is 12.1 Å². The predicted molar refractivity (Wildman–Crippen MR) is 104 cm³/mol. The molecule has 1 amide bonds. The molecule has 1 saturated heterocycles. The van der Waals surface area contributed by atoms with Crippen LogP contribution < -0.4 is 10.6 Å². The molecule has 1 aromatic carbocycles. The highest BCUT2D eigenvalue weighted by Crippen LogP contribution is 2.25. The molecule has 1 aliphatic heterocycles. The van der Waals surface area contributed by atoms with Crippen molar-refractivity contribution < 1.29 is 13.2 Å². The normalized spacial score (nSPS) is 17.8. The van der Waals surface area contributed by atoms with Gasteiger partial charge in [-0.1, -0.05) is 13.0 Å². The summed E-state index contributed by atoms with van der Waals surface area (Å²) >= 11 is 0. The zero-order valence-electron chi connectivity index (χ0n) is 16.2. The number of piperidine rings is 1. The van der Waals surface area contributed by atoms with Crippen LogP contribution in [-0.2, 0) is 14.8 Å². The lowest BCUT2D eigenvalue weighted by molar-refractivity contribution is -0.126. The van der Waals surface area contributed by atoms with Gasteiger partial charge in [-0.2, -0.15) is 4.31 Å². The Labute approximate surface area is 157 Å². The zero-order chi connectivity index (χ0) is 19.3. The van der Waals surface area contributed by atoms with Crippen molar-refractivity contribution >= 4 is 15.9 Å². The van der Waals surface area contributed by atoms with Crippen molar-refractivity contribution in [2.45, 2.75) is 51.5 Å². The van der Waals surface area contributed by atoms with Crippen LogP contribution in [0.25, 0.3) is 0 Å². The van der Waals surface area contributed by atoms with Crippen LogP contribution >= 0.6 is 0 Å². The number of likely N-dealkylation sites (N-methyl/N-ethyl adjacent to an activating group) is 1. The van der Waals surface area contributed by atoms with E-state index in [1.165, 1.54) is 4.31 Å². The molecule has 1 aliphatic rings. The number of sulfonamides is 1. The minimum atomic E-state index is -3.49. The summed E-state index contributed by atoms with van der Waals surface area (Å²) in [6.45, 7) is 10.2. The van der Waals surface area contributed by atoms with E-state index in [-0.39, 0.29) is 17.9 Å². The van der Waals surface area contributed by atoms with Gasteiger partial charge in [0.1, 0.15) is 0 Å². The molecular formula is C19H31N3O3S. The standard InChI is InChI=1S/C19H31N3O3S/c1-5-20-16(4)13-21-19(23)17-8-10-22(11-9-17)26(24,25)18-7-6-14(2)15(3)12-18/h6-7,12,16-17,20H,5,8-11,13H2,1-4H3,(H,21,23)/t16-/m1/s1. The van der Waals surface area contributed by atoms with Crippen LogP contribution in [0.5, 0.6) is 0 Å². The number of rotatable bonds is 7. The second kappa shape index (κ2) is 8.97. The molecule has 7 heteroatoms. The van der Waals surface area contributed by atoms with E-state index >= 15 is 0 Å². The molecule has 0 aromatic heterocycles. The molecule has 2 rings (SSSR count). The summed E-state index contributed by atoms with van der Waals surface area (Å²) < 4.78 is 27.2. The lowest BCUT2D eigenvalue weighted by Crippen LogP contribution is -2.45. The van der Waals surface area contributed by atoms with Crippen molar-refractivity contribution in [3.63, 3.8) is 0 Å². The van der Waals surface area contributed by atoms with Gasteiger partial charge in [-0.25, -0.2) is 8.42 Å². The zero-order valence-corrected chi connectivity index (χ0v) is 17.0. The van der Waals surface area contributed by atoms with Crippen molar-refractivity contribution in [2.75, 3.05) is 26.2 Å². The van der Waals surface area contributed by atoms with Gasteiger partial charge in [0.15, 0.2) is 0 Å². The molecule has 0 saturated carbocycles. The van der Waals surface area contributed by atoms with Crippen LogP contribution in [0.4, 0.5) is 0 Å². The molecule has 0 unspecified atom stereocenters. The monoisotopic (exact) mass is 381 g/mol. The molecular weight excluding hydrogens is 350 g/mol. The number of benzene rings is 1. The van der Waals surface area contributed by atoms with Gasteiger partial charge in [0.05, 0.1) is 4.90 Å². The third-order valence-electron chi connectivity index (χ3n) is 5.08. The van der Waals surface area contributed by atoms with Crippen LogP contribution in [0.15, 0.2) is 23.1 Å². The van der Waals surface area contributed by atoms with Gasteiger partial charge in [0.25, 0.3) is 0 Å². The molecule has 1 aromatic rings. The van der Waals surface area contributed by atoms with Crippen LogP contribution in [0.1, 0.15) is 37.8 Å². The SMILES string of the molecule is CCN[C@H](C)CNC(=O)C1CCN(S(=O)(=O)c2ccc(C)c(C)c2)CC1. The molecule has 1 fully saturated rings. The van der Waals surface area contributed by atoms with E-state index in [4.69, 9.17) is 0 Å². The van der Waals surface area contributed by atoms with Crippen molar-refractivity contribution in [1.29, 1.82) is 0 Å². The van der Waals surface area contributed by atoms with Crippen LogP contribution in [0, 0.1) is 19.8 Å². The molecule has 2 N–H and O–H groups in total. The third kappa shape index (κ3) is 5.05. The molecule has 1 heterocycles. The summed E-state index contributed by atoms with van der Waals surface area (Å²) in [7, 11) is -3.49. The molecule has 26 heavy (non-hydrogen) atoms. The average Bonchev–Trinajstić information content (AvgIpc) is 2.62. The molecule has 0 aliphatic carbocycles.